The van der Waals surface area contributed by atoms with Crippen LogP contribution in [0.25, 0.3) is 0 Å². The lowest BCUT2D eigenvalue weighted by Crippen LogP contribution is -2.62. The highest BCUT2D eigenvalue weighted by molar-refractivity contribution is 5.92. The number of fused-ring (bicyclic) bond motifs is 1. The molecule has 0 unspecified atom stereocenters. The van der Waals surface area contributed by atoms with E-state index in [9.17, 15) is 14.4 Å². The first-order valence-electron chi connectivity index (χ1n) is 15.1. The maximum Gasteiger partial charge on any atom is 0.320 e. The lowest BCUT2D eigenvalue weighted by molar-refractivity contribution is -0.182. The van der Waals surface area contributed by atoms with Gasteiger partial charge in [0.05, 0.1) is 19.3 Å². The van der Waals surface area contributed by atoms with Crippen LogP contribution in [0, 0.1) is 23.2 Å². The minimum Gasteiger partial charge on any atom is -0.468 e. The number of nitrogens with zero attached hydrogens (tertiary/aromatic N) is 1. The Balaban J connectivity index is 1.47. The second kappa shape index (κ2) is 12.3. The van der Waals surface area contributed by atoms with Gasteiger partial charge in [-0.2, -0.15) is 0 Å². The average Bonchev–Trinajstić information content (AvgIpc) is 3.81. The molecule has 7 heteroatoms. The molecule has 7 nitrogen and oxygen atoms in total. The largest absolute Gasteiger partial charge is 0.468 e. The Morgan fingerprint density at radius 2 is 1.95 bits per heavy atom. The zero-order valence-corrected chi connectivity index (χ0v) is 24.2. The summed E-state index contributed by atoms with van der Waals surface area (Å²) in [6.45, 7) is 5.12. The van der Waals surface area contributed by atoms with E-state index in [-0.39, 0.29) is 54.7 Å². The lowest BCUT2D eigenvalue weighted by Gasteiger charge is -2.53. The van der Waals surface area contributed by atoms with E-state index < -0.39 is 11.3 Å². The Hall–Kier alpha value is -2.93. The highest BCUT2D eigenvalue weighted by Gasteiger charge is 2.63. The molecular weight excluding hydrogens is 504 g/mol. The molecule has 1 aromatic rings. The summed E-state index contributed by atoms with van der Waals surface area (Å²) in [7, 11) is 1.42. The van der Waals surface area contributed by atoms with E-state index in [2.05, 4.69) is 25.2 Å². The fourth-order valence-electron chi connectivity index (χ4n) is 6.76. The third-order valence-corrected chi connectivity index (χ3v) is 9.11. The van der Waals surface area contributed by atoms with Crippen molar-refractivity contribution in [1.29, 1.82) is 0 Å². The summed E-state index contributed by atoms with van der Waals surface area (Å²) in [5.41, 5.74) is 2.01. The zero-order valence-electron chi connectivity index (χ0n) is 24.2. The van der Waals surface area contributed by atoms with Crippen molar-refractivity contribution in [2.75, 3.05) is 13.7 Å². The van der Waals surface area contributed by atoms with Gasteiger partial charge >= 0.3 is 5.97 Å². The number of rotatable bonds is 10. The van der Waals surface area contributed by atoms with Gasteiger partial charge < -0.3 is 19.7 Å². The minimum absolute atomic E-state index is 0.0296. The van der Waals surface area contributed by atoms with Crippen molar-refractivity contribution >= 4 is 17.8 Å². The number of ether oxygens (including phenoxy) is 2. The van der Waals surface area contributed by atoms with E-state index in [0.29, 0.717) is 13.1 Å². The van der Waals surface area contributed by atoms with Crippen molar-refractivity contribution in [1.82, 2.24) is 10.2 Å². The number of nitrogens with one attached hydrogen (secondary N) is 1. The normalized spacial score (nSPS) is 28.4. The molecule has 1 aromatic carbocycles. The molecule has 1 saturated carbocycles. The van der Waals surface area contributed by atoms with Gasteiger partial charge in [-0.15, -0.1) is 0 Å². The van der Waals surface area contributed by atoms with E-state index in [0.717, 1.165) is 43.4 Å². The smallest absolute Gasteiger partial charge is 0.320 e. The molecule has 2 fully saturated rings. The van der Waals surface area contributed by atoms with Crippen LogP contribution in [-0.4, -0.2) is 48.5 Å². The molecule has 2 aliphatic carbocycles. The van der Waals surface area contributed by atoms with Crippen molar-refractivity contribution < 1.29 is 23.9 Å². The number of likely N-dealkylation sites (tertiary alicyclic amines) is 1. The maximum absolute atomic E-state index is 14.2. The van der Waals surface area contributed by atoms with Crippen LogP contribution in [0.4, 0.5) is 0 Å². The number of esters is 1. The first-order valence-corrected chi connectivity index (χ1v) is 15.1. The molecule has 0 radical (unpaired) electrons. The molecular formula is C33H44N2O5. The molecule has 1 saturated heterocycles. The van der Waals surface area contributed by atoms with Gasteiger partial charge in [0.2, 0.25) is 11.8 Å². The average molecular weight is 549 g/mol. The molecule has 2 heterocycles. The van der Waals surface area contributed by atoms with Gasteiger partial charge in [0, 0.05) is 31.1 Å². The predicted molar refractivity (Wildman–Crippen MR) is 153 cm³/mol. The fourth-order valence-corrected chi connectivity index (χ4v) is 6.76. The monoisotopic (exact) mass is 548 g/mol. The molecule has 1 N–H and O–H groups in total. The number of amides is 2. The van der Waals surface area contributed by atoms with Gasteiger partial charge in [0.1, 0.15) is 5.41 Å². The Kier molecular flexibility index (Phi) is 8.79. The highest BCUT2D eigenvalue weighted by Crippen LogP contribution is 2.56. The minimum atomic E-state index is -1.10. The first-order chi connectivity index (χ1) is 19.3. The summed E-state index contributed by atoms with van der Waals surface area (Å²) in [6.07, 6.45) is 11.3. The summed E-state index contributed by atoms with van der Waals surface area (Å²) >= 11 is 0. The third-order valence-electron chi connectivity index (χ3n) is 9.11. The van der Waals surface area contributed by atoms with Crippen LogP contribution >= 0.6 is 0 Å². The van der Waals surface area contributed by atoms with E-state index in [1.165, 1.54) is 25.5 Å². The number of methoxy groups -OCH3 is 1. The van der Waals surface area contributed by atoms with Gasteiger partial charge in [-0.05, 0) is 74.8 Å². The van der Waals surface area contributed by atoms with Crippen molar-refractivity contribution in [2.24, 2.45) is 23.2 Å². The predicted octanol–water partition coefficient (Wildman–Crippen LogP) is 5.31. The topological polar surface area (TPSA) is 84.9 Å². The Labute approximate surface area is 238 Å². The van der Waals surface area contributed by atoms with Crippen LogP contribution in [0.5, 0.6) is 0 Å². The summed E-state index contributed by atoms with van der Waals surface area (Å²) in [5, 5.41) is 2.98. The second-order valence-corrected chi connectivity index (χ2v) is 12.3. The Morgan fingerprint density at radius 1 is 1.18 bits per heavy atom. The van der Waals surface area contributed by atoms with Gasteiger partial charge in [0.25, 0.3) is 0 Å². The molecule has 0 aromatic heterocycles. The molecule has 2 aliphatic heterocycles. The van der Waals surface area contributed by atoms with Gasteiger partial charge in [-0.3, -0.25) is 14.4 Å². The van der Waals surface area contributed by atoms with E-state index in [1.54, 1.807) is 0 Å². The standard InChI is InChI=1S/C33H44N2O5/c1-22(2)27-19-28-33(32(38)39-3,30(40-27)25-14-15-25)20-26(18-29(36)34-21-24-12-8-5-9-13-24)31(37)35(28)17-16-23-10-6-4-7-11-23/h5,8-10,12-13,19,22,25-27,30H,4,6-7,11,14-18,20-21H2,1-3H3,(H,34,36)/t26-,27+,30+,33+/m0/s1. The number of piperidine rings is 1. The number of hydrogen-bond donors (Lipinski definition) is 1. The lowest BCUT2D eigenvalue weighted by atomic mass is 9.64. The Morgan fingerprint density at radius 3 is 2.60 bits per heavy atom. The van der Waals surface area contributed by atoms with Gasteiger partial charge in [0.15, 0.2) is 0 Å². The van der Waals surface area contributed by atoms with Crippen LogP contribution < -0.4 is 5.32 Å². The number of allylic oxidation sites excluding steroid dienone is 1. The molecule has 0 bridgehead atoms. The SMILES string of the molecule is COC(=O)[C@]12C[C@H](CC(=O)NCc3ccccc3)C(=O)N(CCC3=CCCCC3)C1=C[C@H](C(C)C)O[C@@H]2C1CC1. The molecule has 5 rings (SSSR count). The zero-order chi connectivity index (χ0) is 28.3. The highest BCUT2D eigenvalue weighted by atomic mass is 16.5. The van der Waals surface area contributed by atoms with Gasteiger partial charge in [-0.25, -0.2) is 0 Å². The molecule has 0 spiro atoms. The number of carbonyl (C=O) groups excluding carboxylic acids is 3. The number of carbonyl (C=O) groups is 3. The molecule has 40 heavy (non-hydrogen) atoms. The molecule has 2 amide bonds. The van der Waals surface area contributed by atoms with Crippen LogP contribution in [-0.2, 0) is 30.4 Å². The second-order valence-electron chi connectivity index (χ2n) is 12.3. The summed E-state index contributed by atoms with van der Waals surface area (Å²) in [5.74, 6) is -0.813. The van der Waals surface area contributed by atoms with E-state index in [4.69, 9.17) is 9.47 Å². The molecule has 4 atom stereocenters. The van der Waals surface area contributed by atoms with Crippen molar-refractivity contribution in [3.8, 4) is 0 Å². The van der Waals surface area contributed by atoms with Crippen LogP contribution in [0.15, 0.2) is 53.8 Å². The Bertz CT molecular complexity index is 1150. The van der Waals surface area contributed by atoms with Crippen molar-refractivity contribution in [3.63, 3.8) is 0 Å². The summed E-state index contributed by atoms with van der Waals surface area (Å²) in [4.78, 5) is 43.0. The maximum atomic E-state index is 14.2. The van der Waals surface area contributed by atoms with E-state index >= 15 is 0 Å². The summed E-state index contributed by atoms with van der Waals surface area (Å²) in [6, 6.07) is 9.73. The first kappa shape index (κ1) is 28.6. The van der Waals surface area contributed by atoms with Crippen LogP contribution in [0.1, 0.15) is 77.2 Å². The fraction of sp³-hybridized carbons (Fsp3) is 0.606. The number of hydrogen-bond acceptors (Lipinski definition) is 5. The number of benzene rings is 1. The van der Waals surface area contributed by atoms with E-state index in [1.807, 2.05) is 41.3 Å². The molecule has 4 aliphatic rings. The molecule has 216 valence electrons. The summed E-state index contributed by atoms with van der Waals surface area (Å²) < 4.78 is 12.2. The van der Waals surface area contributed by atoms with Crippen molar-refractivity contribution in [2.45, 2.75) is 90.4 Å². The van der Waals surface area contributed by atoms with Crippen molar-refractivity contribution in [3.05, 3.63) is 59.3 Å². The van der Waals surface area contributed by atoms with Gasteiger partial charge in [-0.1, -0.05) is 55.8 Å². The third kappa shape index (κ3) is 5.90. The quantitative estimate of drug-likeness (QED) is 0.317. The van der Waals surface area contributed by atoms with Crippen LogP contribution in [0.3, 0.4) is 0 Å². The van der Waals surface area contributed by atoms with Crippen LogP contribution in [0.2, 0.25) is 0 Å².